The molecule has 0 fully saturated rings. The largest absolute Gasteiger partial charge is 0.478 e. The molecule has 5 heteroatoms. The number of nitrogens with zero attached hydrogens (tertiary/aromatic N) is 1. The summed E-state index contributed by atoms with van der Waals surface area (Å²) in [5, 5.41) is 8.97. The molecule has 0 radical (unpaired) electrons. The number of carboxylic acid groups (broad SMARTS) is 1. The molecular formula is C8H4ClNO3. The van der Waals surface area contributed by atoms with Crippen LogP contribution in [0.2, 0.25) is 5.02 Å². The maximum atomic E-state index is 10.6. The zero-order chi connectivity index (χ0) is 9.42. The van der Waals surface area contributed by atoms with E-state index >= 15 is 0 Å². The molecule has 0 atom stereocenters. The first-order valence-corrected chi connectivity index (χ1v) is 3.82. The number of hydrogen-bond acceptors (Lipinski definition) is 3. The highest BCUT2D eigenvalue weighted by atomic mass is 35.5. The molecule has 66 valence electrons. The fourth-order valence-corrected chi connectivity index (χ4v) is 1.31. The Bertz CT molecular complexity index is 477. The van der Waals surface area contributed by atoms with E-state index in [1.807, 2.05) is 0 Å². The number of aromatic nitrogens is 1. The predicted molar refractivity (Wildman–Crippen MR) is 46.0 cm³/mol. The molecule has 1 heterocycles. The molecule has 0 aliphatic rings. The lowest BCUT2D eigenvalue weighted by molar-refractivity contribution is 0.0697. The number of halogens is 1. The average Bonchev–Trinajstić information content (AvgIpc) is 2.51. The van der Waals surface area contributed by atoms with Gasteiger partial charge in [0.25, 0.3) is 0 Å². The first-order valence-electron chi connectivity index (χ1n) is 3.44. The molecule has 0 saturated carbocycles. The summed E-state index contributed by atoms with van der Waals surface area (Å²) in [5.74, 6) is -1.04. The Morgan fingerprint density at radius 1 is 1.54 bits per heavy atom. The van der Waals surface area contributed by atoms with E-state index in [-0.39, 0.29) is 10.6 Å². The van der Waals surface area contributed by atoms with E-state index in [2.05, 4.69) is 4.98 Å². The van der Waals surface area contributed by atoms with Gasteiger partial charge in [-0.1, -0.05) is 11.6 Å². The van der Waals surface area contributed by atoms with Gasteiger partial charge in [0.05, 0.1) is 10.6 Å². The number of hydrogen-bond donors (Lipinski definition) is 1. The number of benzene rings is 1. The molecule has 0 aliphatic carbocycles. The van der Waals surface area contributed by atoms with Crippen molar-refractivity contribution in [3.8, 4) is 0 Å². The lowest BCUT2D eigenvalue weighted by Gasteiger charge is -1.95. The van der Waals surface area contributed by atoms with Crippen LogP contribution < -0.4 is 0 Å². The third kappa shape index (κ3) is 1.25. The van der Waals surface area contributed by atoms with Crippen molar-refractivity contribution in [3.63, 3.8) is 0 Å². The van der Waals surface area contributed by atoms with Gasteiger partial charge in [-0.05, 0) is 12.1 Å². The van der Waals surface area contributed by atoms with E-state index in [1.54, 1.807) is 0 Å². The fourth-order valence-electron chi connectivity index (χ4n) is 1.05. The van der Waals surface area contributed by atoms with Crippen molar-refractivity contribution >= 4 is 28.7 Å². The molecule has 0 spiro atoms. The van der Waals surface area contributed by atoms with Crippen molar-refractivity contribution < 1.29 is 14.3 Å². The Morgan fingerprint density at radius 3 is 3.00 bits per heavy atom. The van der Waals surface area contributed by atoms with Gasteiger partial charge >= 0.3 is 5.97 Å². The van der Waals surface area contributed by atoms with Crippen LogP contribution in [0, 0.1) is 0 Å². The van der Waals surface area contributed by atoms with Crippen LogP contribution in [0.3, 0.4) is 0 Å². The van der Waals surface area contributed by atoms with Crippen LogP contribution in [0.25, 0.3) is 11.1 Å². The Balaban J connectivity index is 2.77. The predicted octanol–water partition coefficient (Wildman–Crippen LogP) is 2.18. The molecule has 1 aromatic heterocycles. The maximum absolute atomic E-state index is 10.6. The Hall–Kier alpha value is -1.55. The monoisotopic (exact) mass is 197 g/mol. The summed E-state index contributed by atoms with van der Waals surface area (Å²) in [4.78, 5) is 14.4. The minimum Gasteiger partial charge on any atom is -0.478 e. The number of carboxylic acids is 1. The molecular weight excluding hydrogens is 194 g/mol. The van der Waals surface area contributed by atoms with E-state index in [0.717, 1.165) is 0 Å². The molecule has 2 rings (SSSR count). The van der Waals surface area contributed by atoms with Crippen LogP contribution >= 0.6 is 11.6 Å². The van der Waals surface area contributed by atoms with Crippen molar-refractivity contribution in [1.29, 1.82) is 0 Å². The van der Waals surface area contributed by atoms with Gasteiger partial charge in [-0.25, -0.2) is 9.78 Å². The molecule has 0 bridgehead atoms. The number of carbonyl (C=O) groups is 1. The highest BCUT2D eigenvalue weighted by molar-refractivity contribution is 6.35. The third-order valence-electron chi connectivity index (χ3n) is 1.64. The molecule has 0 amide bonds. The van der Waals surface area contributed by atoms with E-state index in [0.29, 0.717) is 11.1 Å². The normalized spacial score (nSPS) is 10.5. The van der Waals surface area contributed by atoms with Gasteiger partial charge in [-0.3, -0.25) is 0 Å². The number of fused-ring (bicyclic) bond motifs is 1. The zero-order valence-corrected chi connectivity index (χ0v) is 7.08. The SMILES string of the molecule is O=C(O)c1cc(Cl)c2ncoc2c1. The van der Waals surface area contributed by atoms with Gasteiger partial charge < -0.3 is 9.52 Å². The molecule has 2 aromatic rings. The topological polar surface area (TPSA) is 63.3 Å². The Labute approximate surface area is 77.8 Å². The minimum absolute atomic E-state index is 0.0919. The second kappa shape index (κ2) is 2.74. The van der Waals surface area contributed by atoms with Gasteiger partial charge in [0.1, 0.15) is 5.52 Å². The highest BCUT2D eigenvalue weighted by Gasteiger charge is 2.10. The molecule has 0 aliphatic heterocycles. The van der Waals surface area contributed by atoms with E-state index in [9.17, 15) is 4.79 Å². The Morgan fingerprint density at radius 2 is 2.31 bits per heavy atom. The first-order chi connectivity index (χ1) is 6.18. The van der Waals surface area contributed by atoms with Gasteiger partial charge in [-0.2, -0.15) is 0 Å². The van der Waals surface area contributed by atoms with E-state index in [1.165, 1.54) is 18.5 Å². The van der Waals surface area contributed by atoms with Crippen LogP contribution in [-0.2, 0) is 0 Å². The summed E-state index contributed by atoms with van der Waals surface area (Å²) in [5.41, 5.74) is 0.950. The summed E-state index contributed by atoms with van der Waals surface area (Å²) in [7, 11) is 0. The van der Waals surface area contributed by atoms with Crippen LogP contribution in [0.5, 0.6) is 0 Å². The van der Waals surface area contributed by atoms with Crippen LogP contribution in [0.4, 0.5) is 0 Å². The summed E-state index contributed by atoms with van der Waals surface area (Å²) in [6.07, 6.45) is 1.22. The van der Waals surface area contributed by atoms with E-state index < -0.39 is 5.97 Å². The summed E-state index contributed by atoms with van der Waals surface area (Å²) >= 11 is 5.76. The molecule has 1 aromatic carbocycles. The van der Waals surface area contributed by atoms with Crippen molar-refractivity contribution in [2.24, 2.45) is 0 Å². The van der Waals surface area contributed by atoms with Crippen molar-refractivity contribution in [1.82, 2.24) is 4.98 Å². The van der Waals surface area contributed by atoms with Crippen LogP contribution in [0.1, 0.15) is 10.4 Å². The molecule has 0 saturated heterocycles. The van der Waals surface area contributed by atoms with Gasteiger partial charge in [-0.15, -0.1) is 0 Å². The summed E-state index contributed by atoms with van der Waals surface area (Å²) < 4.78 is 4.93. The summed E-state index contributed by atoms with van der Waals surface area (Å²) in [6.45, 7) is 0. The first kappa shape index (κ1) is 8.07. The van der Waals surface area contributed by atoms with Gasteiger partial charge in [0.15, 0.2) is 12.0 Å². The van der Waals surface area contributed by atoms with Crippen molar-refractivity contribution in [2.75, 3.05) is 0 Å². The minimum atomic E-state index is -1.04. The Kier molecular flexibility index (Phi) is 1.70. The molecule has 13 heavy (non-hydrogen) atoms. The summed E-state index contributed by atoms with van der Waals surface area (Å²) in [6, 6.07) is 2.73. The standard InChI is InChI=1S/C8H4ClNO3/c9-5-1-4(8(11)12)2-6-7(5)10-3-13-6/h1-3H,(H,11,12). The highest BCUT2D eigenvalue weighted by Crippen LogP contribution is 2.23. The molecule has 1 N–H and O–H groups in total. The van der Waals surface area contributed by atoms with Crippen molar-refractivity contribution in [2.45, 2.75) is 0 Å². The lowest BCUT2D eigenvalue weighted by atomic mass is 10.2. The average molecular weight is 198 g/mol. The smallest absolute Gasteiger partial charge is 0.335 e. The lowest BCUT2D eigenvalue weighted by Crippen LogP contribution is -1.95. The van der Waals surface area contributed by atoms with Crippen LogP contribution in [0.15, 0.2) is 22.9 Å². The maximum Gasteiger partial charge on any atom is 0.335 e. The van der Waals surface area contributed by atoms with Gasteiger partial charge in [0.2, 0.25) is 0 Å². The fraction of sp³-hybridized carbons (Fsp3) is 0. The number of aromatic carboxylic acids is 1. The van der Waals surface area contributed by atoms with E-state index in [4.69, 9.17) is 21.1 Å². The van der Waals surface area contributed by atoms with Crippen molar-refractivity contribution in [3.05, 3.63) is 29.1 Å². The second-order valence-corrected chi connectivity index (χ2v) is 2.87. The molecule has 4 nitrogen and oxygen atoms in total. The van der Waals surface area contributed by atoms with Crippen LogP contribution in [-0.4, -0.2) is 16.1 Å². The number of oxazole rings is 1. The quantitative estimate of drug-likeness (QED) is 0.761. The second-order valence-electron chi connectivity index (χ2n) is 2.46. The van der Waals surface area contributed by atoms with Gasteiger partial charge in [0, 0.05) is 0 Å². The molecule has 0 unspecified atom stereocenters. The number of rotatable bonds is 1. The third-order valence-corrected chi connectivity index (χ3v) is 1.92. The zero-order valence-electron chi connectivity index (χ0n) is 6.32.